The first-order valence-electron chi connectivity index (χ1n) is 6.45. The Morgan fingerprint density at radius 1 is 1.20 bits per heavy atom. The van der Waals surface area contributed by atoms with Gasteiger partial charge in [0.05, 0.1) is 7.11 Å². The molecule has 2 aromatic rings. The van der Waals surface area contributed by atoms with Crippen LogP contribution in [0.15, 0.2) is 42.5 Å². The van der Waals surface area contributed by atoms with Crippen LogP contribution in [0.2, 0.25) is 0 Å². The van der Waals surface area contributed by atoms with Crippen molar-refractivity contribution in [3.63, 3.8) is 0 Å². The summed E-state index contributed by atoms with van der Waals surface area (Å²) in [5.74, 6) is 0.557. The number of hydrogen-bond donors (Lipinski definition) is 2. The van der Waals surface area contributed by atoms with Crippen molar-refractivity contribution in [2.75, 3.05) is 7.11 Å². The van der Waals surface area contributed by atoms with E-state index >= 15 is 0 Å². The Bertz CT molecular complexity index is 569. The van der Waals surface area contributed by atoms with E-state index in [1.54, 1.807) is 7.11 Å². The fourth-order valence-electron chi connectivity index (χ4n) is 2.00. The van der Waals surface area contributed by atoms with Crippen molar-refractivity contribution in [3.05, 3.63) is 59.4 Å². The van der Waals surface area contributed by atoms with Crippen molar-refractivity contribution >= 4 is 0 Å². The maximum atomic E-state index is 13.2. The van der Waals surface area contributed by atoms with Gasteiger partial charge in [0.15, 0.2) is 0 Å². The van der Waals surface area contributed by atoms with Gasteiger partial charge >= 0.3 is 0 Å². The molecule has 106 valence electrons. The Balaban J connectivity index is 2.00. The number of phenolic OH excluding ortho intramolecular Hbond substituents is 1. The lowest BCUT2D eigenvalue weighted by Crippen LogP contribution is -2.18. The molecule has 1 atom stereocenters. The van der Waals surface area contributed by atoms with Crippen molar-refractivity contribution in [3.8, 4) is 11.5 Å². The zero-order valence-corrected chi connectivity index (χ0v) is 11.6. The highest BCUT2D eigenvalue weighted by Crippen LogP contribution is 2.25. The summed E-state index contributed by atoms with van der Waals surface area (Å²) in [7, 11) is 1.63. The third-order valence-corrected chi connectivity index (χ3v) is 3.23. The molecule has 0 aliphatic carbocycles. The largest absolute Gasteiger partial charge is 0.508 e. The molecule has 1 unspecified atom stereocenters. The maximum absolute atomic E-state index is 13.2. The maximum Gasteiger partial charge on any atom is 0.123 e. The van der Waals surface area contributed by atoms with E-state index < -0.39 is 0 Å². The van der Waals surface area contributed by atoms with Crippen LogP contribution in [0.3, 0.4) is 0 Å². The number of hydrogen-bond acceptors (Lipinski definition) is 3. The second-order valence-electron chi connectivity index (χ2n) is 4.65. The van der Waals surface area contributed by atoms with Crippen LogP contribution >= 0.6 is 0 Å². The number of halogens is 1. The predicted octanol–water partition coefficient (Wildman–Crippen LogP) is 3.39. The number of phenols is 1. The lowest BCUT2D eigenvalue weighted by molar-refractivity contribution is 0.414. The van der Waals surface area contributed by atoms with Gasteiger partial charge in [-0.15, -0.1) is 0 Å². The van der Waals surface area contributed by atoms with Crippen molar-refractivity contribution in [1.82, 2.24) is 5.32 Å². The van der Waals surface area contributed by atoms with Gasteiger partial charge in [-0.3, -0.25) is 0 Å². The van der Waals surface area contributed by atoms with Crippen LogP contribution in [-0.2, 0) is 6.54 Å². The molecule has 0 aliphatic rings. The molecule has 4 heteroatoms. The molecule has 2 aromatic carbocycles. The summed E-state index contributed by atoms with van der Waals surface area (Å²) in [4.78, 5) is 0. The van der Waals surface area contributed by atoms with E-state index in [-0.39, 0.29) is 17.6 Å². The predicted molar refractivity (Wildman–Crippen MR) is 76.3 cm³/mol. The molecule has 0 fully saturated rings. The van der Waals surface area contributed by atoms with Crippen LogP contribution in [0.1, 0.15) is 24.1 Å². The van der Waals surface area contributed by atoms with Crippen LogP contribution < -0.4 is 10.1 Å². The van der Waals surface area contributed by atoms with Crippen LogP contribution in [-0.4, -0.2) is 12.2 Å². The first-order valence-corrected chi connectivity index (χ1v) is 6.45. The molecular formula is C16H18FNO2. The molecule has 0 heterocycles. The van der Waals surface area contributed by atoms with Crippen LogP contribution in [0.5, 0.6) is 11.5 Å². The first kappa shape index (κ1) is 14.3. The summed E-state index contributed by atoms with van der Waals surface area (Å²) >= 11 is 0. The highest BCUT2D eigenvalue weighted by atomic mass is 19.1. The van der Waals surface area contributed by atoms with E-state index in [1.165, 1.54) is 18.2 Å². The quantitative estimate of drug-likeness (QED) is 0.879. The molecule has 0 spiro atoms. The van der Waals surface area contributed by atoms with E-state index in [4.69, 9.17) is 4.74 Å². The number of ether oxygens (including phenoxy) is 1. The average Bonchev–Trinajstić information content (AvgIpc) is 2.47. The van der Waals surface area contributed by atoms with Crippen molar-refractivity contribution in [1.29, 1.82) is 0 Å². The van der Waals surface area contributed by atoms with Gasteiger partial charge in [0.1, 0.15) is 17.3 Å². The van der Waals surface area contributed by atoms with Gasteiger partial charge in [0.2, 0.25) is 0 Å². The van der Waals surface area contributed by atoms with E-state index in [0.29, 0.717) is 12.1 Å². The lowest BCUT2D eigenvalue weighted by Gasteiger charge is -2.16. The molecule has 2 N–H and O–H groups in total. The second kappa shape index (κ2) is 6.39. The van der Waals surface area contributed by atoms with Gasteiger partial charge < -0.3 is 15.2 Å². The van der Waals surface area contributed by atoms with E-state index in [2.05, 4.69) is 5.32 Å². The molecule has 0 radical (unpaired) electrons. The van der Waals surface area contributed by atoms with E-state index in [0.717, 1.165) is 11.3 Å². The Kier molecular flexibility index (Phi) is 4.58. The molecule has 2 rings (SSSR count). The molecule has 3 nitrogen and oxygen atoms in total. The minimum atomic E-state index is -0.351. The van der Waals surface area contributed by atoms with Crippen molar-refractivity contribution in [2.24, 2.45) is 0 Å². The smallest absolute Gasteiger partial charge is 0.123 e. The number of benzene rings is 2. The standard InChI is InChI=1S/C16H18FNO2/c1-11(15-9-13(17)5-8-16(15)19)18-10-12-3-6-14(20-2)7-4-12/h3-9,11,18-19H,10H2,1-2H3. The van der Waals surface area contributed by atoms with Crippen LogP contribution in [0.25, 0.3) is 0 Å². The Hall–Kier alpha value is -2.07. The summed E-state index contributed by atoms with van der Waals surface area (Å²) in [5.41, 5.74) is 1.65. The van der Waals surface area contributed by atoms with Crippen LogP contribution in [0.4, 0.5) is 4.39 Å². The second-order valence-corrected chi connectivity index (χ2v) is 4.65. The van der Waals surface area contributed by atoms with Gasteiger partial charge in [-0.1, -0.05) is 12.1 Å². The number of aromatic hydroxyl groups is 1. The molecular weight excluding hydrogens is 257 g/mol. The fraction of sp³-hybridized carbons (Fsp3) is 0.250. The Labute approximate surface area is 118 Å². The summed E-state index contributed by atoms with van der Waals surface area (Å²) < 4.78 is 18.3. The summed E-state index contributed by atoms with van der Waals surface area (Å²) in [6.45, 7) is 2.51. The molecule has 0 aromatic heterocycles. The number of nitrogens with one attached hydrogen (secondary N) is 1. The molecule has 0 amide bonds. The molecule has 20 heavy (non-hydrogen) atoms. The summed E-state index contributed by atoms with van der Waals surface area (Å²) in [6.07, 6.45) is 0. The lowest BCUT2D eigenvalue weighted by atomic mass is 10.1. The third kappa shape index (κ3) is 3.48. The third-order valence-electron chi connectivity index (χ3n) is 3.23. The molecule has 0 aliphatic heterocycles. The van der Waals surface area contributed by atoms with Gasteiger partial charge in [-0.25, -0.2) is 4.39 Å². The zero-order chi connectivity index (χ0) is 14.5. The first-order chi connectivity index (χ1) is 9.60. The van der Waals surface area contributed by atoms with Gasteiger partial charge in [-0.2, -0.15) is 0 Å². The highest BCUT2D eigenvalue weighted by molar-refractivity contribution is 5.35. The van der Waals surface area contributed by atoms with Gasteiger partial charge in [-0.05, 0) is 42.8 Å². The zero-order valence-electron chi connectivity index (χ0n) is 11.6. The Morgan fingerprint density at radius 2 is 1.90 bits per heavy atom. The SMILES string of the molecule is COc1ccc(CNC(C)c2cc(F)ccc2O)cc1. The average molecular weight is 275 g/mol. The van der Waals surface area contributed by atoms with Crippen molar-refractivity contribution < 1.29 is 14.2 Å². The van der Waals surface area contributed by atoms with E-state index in [9.17, 15) is 9.50 Å². The minimum absolute atomic E-state index is 0.0983. The topological polar surface area (TPSA) is 41.5 Å². The normalized spacial score (nSPS) is 12.2. The monoisotopic (exact) mass is 275 g/mol. The van der Waals surface area contributed by atoms with Crippen LogP contribution in [0, 0.1) is 5.82 Å². The van der Waals surface area contributed by atoms with E-state index in [1.807, 2.05) is 31.2 Å². The fourth-order valence-corrected chi connectivity index (χ4v) is 2.00. The number of methoxy groups -OCH3 is 1. The number of rotatable bonds is 5. The summed E-state index contributed by atoms with van der Waals surface area (Å²) in [5, 5.41) is 13.0. The summed E-state index contributed by atoms with van der Waals surface area (Å²) in [6, 6.07) is 11.5. The molecule has 0 saturated heterocycles. The van der Waals surface area contributed by atoms with Gasteiger partial charge in [0.25, 0.3) is 0 Å². The Morgan fingerprint density at radius 3 is 2.55 bits per heavy atom. The molecule has 0 bridgehead atoms. The highest BCUT2D eigenvalue weighted by Gasteiger charge is 2.11. The minimum Gasteiger partial charge on any atom is -0.508 e. The van der Waals surface area contributed by atoms with Crippen molar-refractivity contribution in [2.45, 2.75) is 19.5 Å². The molecule has 0 saturated carbocycles. The van der Waals surface area contributed by atoms with Gasteiger partial charge in [0, 0.05) is 18.2 Å².